The van der Waals surface area contributed by atoms with Crippen LogP contribution < -0.4 is 0 Å². The number of fused-ring (bicyclic) bond motifs is 1. The van der Waals surface area contributed by atoms with Gasteiger partial charge in [-0.05, 0) is 25.0 Å². The molecule has 0 saturated carbocycles. The third-order valence-corrected chi connectivity index (χ3v) is 3.70. The van der Waals surface area contributed by atoms with Gasteiger partial charge in [0, 0.05) is 6.61 Å². The lowest BCUT2D eigenvalue weighted by atomic mass is 10.0. The van der Waals surface area contributed by atoms with Gasteiger partial charge in [0.15, 0.2) is 5.82 Å². The zero-order valence-electron chi connectivity index (χ0n) is 12.1. The van der Waals surface area contributed by atoms with E-state index < -0.39 is 0 Å². The van der Waals surface area contributed by atoms with Crippen LogP contribution in [0.4, 0.5) is 4.39 Å². The van der Waals surface area contributed by atoms with Crippen LogP contribution in [0.1, 0.15) is 32.6 Å². The highest BCUT2D eigenvalue weighted by atomic mass is 35.5. The van der Waals surface area contributed by atoms with E-state index in [4.69, 9.17) is 16.3 Å². The molecule has 1 unspecified atom stereocenters. The molecule has 0 spiro atoms. The third kappa shape index (κ3) is 2.81. The first-order chi connectivity index (χ1) is 9.60. The molecule has 5 heteroatoms. The molecule has 0 saturated heterocycles. The SMILES string of the molecule is CCOCC(C(C)C)n1c(CCl)nc2c(F)cccc21. The maximum Gasteiger partial charge on any atom is 0.151 e. The van der Waals surface area contributed by atoms with Crippen LogP contribution in [0.25, 0.3) is 11.0 Å². The van der Waals surface area contributed by atoms with Crippen LogP contribution in [0, 0.1) is 11.7 Å². The van der Waals surface area contributed by atoms with Crippen LogP contribution in [-0.2, 0) is 10.6 Å². The first-order valence-electron chi connectivity index (χ1n) is 6.89. The number of hydrogen-bond donors (Lipinski definition) is 0. The van der Waals surface area contributed by atoms with Crippen molar-refractivity contribution in [2.45, 2.75) is 32.7 Å². The number of aromatic nitrogens is 2. The van der Waals surface area contributed by atoms with Gasteiger partial charge in [0.1, 0.15) is 11.3 Å². The Balaban J connectivity index is 2.57. The number of rotatable bonds is 6. The highest BCUT2D eigenvalue weighted by Gasteiger charge is 2.23. The fourth-order valence-corrected chi connectivity index (χ4v) is 2.59. The number of para-hydroxylation sites is 1. The quantitative estimate of drug-likeness (QED) is 0.749. The van der Waals surface area contributed by atoms with Gasteiger partial charge in [-0.1, -0.05) is 19.9 Å². The predicted molar refractivity (Wildman–Crippen MR) is 79.6 cm³/mol. The van der Waals surface area contributed by atoms with E-state index in [2.05, 4.69) is 18.8 Å². The molecule has 2 rings (SSSR count). The molecule has 0 amide bonds. The van der Waals surface area contributed by atoms with E-state index >= 15 is 0 Å². The molecule has 0 aliphatic carbocycles. The minimum Gasteiger partial charge on any atom is -0.380 e. The Kier molecular flexibility index (Phi) is 5.00. The van der Waals surface area contributed by atoms with Crippen molar-refractivity contribution < 1.29 is 9.13 Å². The molecule has 0 bridgehead atoms. The van der Waals surface area contributed by atoms with Crippen molar-refractivity contribution in [3.63, 3.8) is 0 Å². The molecule has 110 valence electrons. The lowest BCUT2D eigenvalue weighted by Crippen LogP contribution is -2.22. The molecule has 0 fully saturated rings. The number of hydrogen-bond acceptors (Lipinski definition) is 2. The summed E-state index contributed by atoms with van der Waals surface area (Å²) < 4.78 is 21.5. The van der Waals surface area contributed by atoms with Crippen molar-refractivity contribution >= 4 is 22.6 Å². The van der Waals surface area contributed by atoms with E-state index in [0.29, 0.717) is 30.5 Å². The van der Waals surface area contributed by atoms with Gasteiger partial charge in [0.25, 0.3) is 0 Å². The Morgan fingerprint density at radius 1 is 1.40 bits per heavy atom. The molecule has 0 aliphatic heterocycles. The Morgan fingerprint density at radius 3 is 2.75 bits per heavy atom. The van der Waals surface area contributed by atoms with Crippen molar-refractivity contribution in [3.05, 3.63) is 29.8 Å². The molecule has 3 nitrogen and oxygen atoms in total. The molecule has 1 aromatic heterocycles. The van der Waals surface area contributed by atoms with E-state index in [1.807, 2.05) is 17.6 Å². The average molecular weight is 299 g/mol. The van der Waals surface area contributed by atoms with Crippen LogP contribution in [0.15, 0.2) is 18.2 Å². The number of nitrogens with zero attached hydrogens (tertiary/aromatic N) is 2. The van der Waals surface area contributed by atoms with Gasteiger partial charge in [-0.2, -0.15) is 0 Å². The average Bonchev–Trinajstić information content (AvgIpc) is 2.79. The van der Waals surface area contributed by atoms with Crippen LogP contribution in [0.3, 0.4) is 0 Å². The molecule has 0 radical (unpaired) electrons. The van der Waals surface area contributed by atoms with Gasteiger partial charge in [-0.25, -0.2) is 9.37 Å². The van der Waals surface area contributed by atoms with Crippen LogP contribution in [0.5, 0.6) is 0 Å². The number of halogens is 2. The molecule has 0 aliphatic rings. The Labute approximate surface area is 123 Å². The molecule has 20 heavy (non-hydrogen) atoms. The number of benzene rings is 1. The molecular formula is C15H20ClFN2O. The highest BCUT2D eigenvalue weighted by molar-refractivity contribution is 6.16. The fourth-order valence-electron chi connectivity index (χ4n) is 2.40. The van der Waals surface area contributed by atoms with E-state index in [1.54, 1.807) is 6.07 Å². The lowest BCUT2D eigenvalue weighted by Gasteiger charge is -2.24. The van der Waals surface area contributed by atoms with Crippen LogP contribution in [-0.4, -0.2) is 22.8 Å². The van der Waals surface area contributed by atoms with Gasteiger partial charge in [0.2, 0.25) is 0 Å². The fraction of sp³-hybridized carbons (Fsp3) is 0.533. The molecule has 1 heterocycles. The summed E-state index contributed by atoms with van der Waals surface area (Å²) in [4.78, 5) is 4.34. The first kappa shape index (κ1) is 15.3. The Morgan fingerprint density at radius 2 is 2.15 bits per heavy atom. The van der Waals surface area contributed by atoms with Crippen molar-refractivity contribution in [3.8, 4) is 0 Å². The molecule has 0 N–H and O–H groups in total. The van der Waals surface area contributed by atoms with Crippen LogP contribution in [0.2, 0.25) is 0 Å². The van der Waals surface area contributed by atoms with Gasteiger partial charge in [-0.3, -0.25) is 0 Å². The molecular weight excluding hydrogens is 279 g/mol. The summed E-state index contributed by atoms with van der Waals surface area (Å²) in [7, 11) is 0. The number of ether oxygens (including phenoxy) is 1. The lowest BCUT2D eigenvalue weighted by molar-refractivity contribution is 0.0970. The topological polar surface area (TPSA) is 27.1 Å². The summed E-state index contributed by atoms with van der Waals surface area (Å²) >= 11 is 5.99. The normalized spacial score (nSPS) is 13.3. The predicted octanol–water partition coefficient (Wildman–Crippen LogP) is 4.15. The second kappa shape index (κ2) is 6.55. The van der Waals surface area contributed by atoms with Gasteiger partial charge in [-0.15, -0.1) is 11.6 Å². The van der Waals surface area contributed by atoms with Crippen molar-refractivity contribution in [2.24, 2.45) is 5.92 Å². The summed E-state index contributed by atoms with van der Waals surface area (Å²) in [6.07, 6.45) is 0. The Bertz CT molecular complexity index is 583. The van der Waals surface area contributed by atoms with Gasteiger partial charge < -0.3 is 9.30 Å². The van der Waals surface area contributed by atoms with Crippen molar-refractivity contribution in [2.75, 3.05) is 13.2 Å². The summed E-state index contributed by atoms with van der Waals surface area (Å²) in [6, 6.07) is 5.09. The molecule has 2 aromatic rings. The first-order valence-corrected chi connectivity index (χ1v) is 7.42. The van der Waals surface area contributed by atoms with Crippen LogP contribution >= 0.6 is 11.6 Å². The number of alkyl halides is 1. The summed E-state index contributed by atoms with van der Waals surface area (Å²) in [5.74, 6) is 0.963. The minimum absolute atomic E-state index is 0.0931. The summed E-state index contributed by atoms with van der Waals surface area (Å²) in [5, 5.41) is 0. The van der Waals surface area contributed by atoms with Gasteiger partial charge in [0.05, 0.1) is 24.0 Å². The van der Waals surface area contributed by atoms with Crippen molar-refractivity contribution in [1.82, 2.24) is 9.55 Å². The molecule has 1 atom stereocenters. The second-order valence-electron chi connectivity index (χ2n) is 5.11. The zero-order valence-corrected chi connectivity index (χ0v) is 12.8. The standard InChI is InChI=1S/C15H20ClFN2O/c1-4-20-9-13(10(2)3)19-12-7-5-6-11(17)15(12)18-14(19)8-16/h5-7,10,13H,4,8-9H2,1-3H3. The Hall–Kier alpha value is -1.13. The maximum atomic E-state index is 13.9. The zero-order chi connectivity index (χ0) is 14.7. The number of imidazole rings is 1. The largest absolute Gasteiger partial charge is 0.380 e. The van der Waals surface area contributed by atoms with E-state index in [9.17, 15) is 4.39 Å². The van der Waals surface area contributed by atoms with E-state index in [0.717, 1.165) is 5.52 Å². The molecule has 1 aromatic carbocycles. The smallest absolute Gasteiger partial charge is 0.151 e. The summed E-state index contributed by atoms with van der Waals surface area (Å²) in [5.41, 5.74) is 1.16. The second-order valence-corrected chi connectivity index (χ2v) is 5.38. The van der Waals surface area contributed by atoms with E-state index in [1.165, 1.54) is 6.07 Å². The van der Waals surface area contributed by atoms with Crippen molar-refractivity contribution in [1.29, 1.82) is 0 Å². The van der Waals surface area contributed by atoms with E-state index in [-0.39, 0.29) is 17.7 Å². The summed E-state index contributed by atoms with van der Waals surface area (Å²) in [6.45, 7) is 7.42. The van der Waals surface area contributed by atoms with Gasteiger partial charge >= 0.3 is 0 Å². The monoisotopic (exact) mass is 298 g/mol. The third-order valence-electron chi connectivity index (χ3n) is 3.46. The highest BCUT2D eigenvalue weighted by Crippen LogP contribution is 2.28. The maximum absolute atomic E-state index is 13.9. The minimum atomic E-state index is -0.313.